The summed E-state index contributed by atoms with van der Waals surface area (Å²) in [6.45, 7) is 0. The van der Waals surface area contributed by atoms with Gasteiger partial charge in [-0.1, -0.05) is 6.42 Å². The van der Waals surface area contributed by atoms with Crippen molar-refractivity contribution in [3.8, 4) is 0 Å². The summed E-state index contributed by atoms with van der Waals surface area (Å²) in [7, 11) is 0. The maximum absolute atomic E-state index is 13.5. The molecule has 1 saturated carbocycles. The molecule has 20 heavy (non-hydrogen) atoms. The van der Waals surface area contributed by atoms with Crippen LogP contribution in [0.5, 0.6) is 0 Å². The average Bonchev–Trinajstić information content (AvgIpc) is 2.34. The SMILES string of the molecule is O=C(O)/C=C/c1cc(NC(=O)CC2CCC2)ccc1F. The van der Waals surface area contributed by atoms with Crippen LogP contribution < -0.4 is 5.32 Å². The van der Waals surface area contributed by atoms with Crippen LogP contribution in [-0.2, 0) is 9.59 Å². The lowest BCUT2D eigenvalue weighted by Gasteiger charge is -2.24. The highest BCUT2D eigenvalue weighted by Gasteiger charge is 2.20. The molecule has 1 aliphatic rings. The molecule has 1 aliphatic carbocycles. The Bertz CT molecular complexity index is 550. The van der Waals surface area contributed by atoms with E-state index >= 15 is 0 Å². The number of hydrogen-bond donors (Lipinski definition) is 2. The quantitative estimate of drug-likeness (QED) is 0.813. The molecule has 1 aromatic carbocycles. The maximum Gasteiger partial charge on any atom is 0.328 e. The van der Waals surface area contributed by atoms with E-state index < -0.39 is 11.8 Å². The number of carboxylic acid groups (broad SMARTS) is 1. The Morgan fingerprint density at radius 2 is 2.15 bits per heavy atom. The summed E-state index contributed by atoms with van der Waals surface area (Å²) in [5.74, 6) is -1.31. The zero-order chi connectivity index (χ0) is 14.5. The summed E-state index contributed by atoms with van der Waals surface area (Å²) in [5.41, 5.74) is 0.606. The third-order valence-corrected chi connectivity index (χ3v) is 3.38. The van der Waals surface area contributed by atoms with Crippen LogP contribution in [0.3, 0.4) is 0 Å². The van der Waals surface area contributed by atoms with Crippen molar-refractivity contribution in [2.45, 2.75) is 25.7 Å². The first-order valence-corrected chi connectivity index (χ1v) is 6.55. The van der Waals surface area contributed by atoms with Gasteiger partial charge in [-0.05, 0) is 43.0 Å². The smallest absolute Gasteiger partial charge is 0.328 e. The van der Waals surface area contributed by atoms with E-state index in [1.807, 2.05) is 0 Å². The second-order valence-electron chi connectivity index (χ2n) is 4.96. The predicted octanol–water partition coefficient (Wildman–Crippen LogP) is 3.05. The molecule has 2 rings (SSSR count). The molecule has 106 valence electrons. The van der Waals surface area contributed by atoms with Crippen LogP contribution in [0.25, 0.3) is 6.08 Å². The molecule has 0 bridgehead atoms. The average molecular weight is 277 g/mol. The first-order valence-electron chi connectivity index (χ1n) is 6.55. The van der Waals surface area contributed by atoms with E-state index in [4.69, 9.17) is 5.11 Å². The van der Waals surface area contributed by atoms with Gasteiger partial charge in [0.25, 0.3) is 0 Å². The fourth-order valence-electron chi connectivity index (χ4n) is 2.08. The summed E-state index contributed by atoms with van der Waals surface area (Å²) in [5, 5.41) is 11.2. The number of benzene rings is 1. The summed E-state index contributed by atoms with van der Waals surface area (Å²) in [6, 6.07) is 4.10. The molecule has 4 nitrogen and oxygen atoms in total. The minimum atomic E-state index is -1.15. The number of hydrogen-bond acceptors (Lipinski definition) is 2. The number of anilines is 1. The number of carbonyl (C=O) groups excluding carboxylic acids is 1. The molecule has 0 atom stereocenters. The Morgan fingerprint density at radius 3 is 2.75 bits per heavy atom. The molecular weight excluding hydrogens is 261 g/mol. The maximum atomic E-state index is 13.5. The second kappa shape index (κ2) is 6.32. The van der Waals surface area contributed by atoms with Crippen molar-refractivity contribution in [3.05, 3.63) is 35.7 Å². The van der Waals surface area contributed by atoms with Crippen molar-refractivity contribution in [2.24, 2.45) is 5.92 Å². The fraction of sp³-hybridized carbons (Fsp3) is 0.333. The van der Waals surface area contributed by atoms with Gasteiger partial charge in [-0.25, -0.2) is 9.18 Å². The molecule has 0 heterocycles. The minimum absolute atomic E-state index is 0.0885. The molecule has 1 fully saturated rings. The summed E-state index contributed by atoms with van der Waals surface area (Å²) >= 11 is 0. The molecule has 1 aromatic rings. The molecule has 1 amide bonds. The standard InChI is InChI=1S/C15H16FNO3/c16-13-6-5-12(9-11(13)4-7-15(19)20)17-14(18)8-10-2-1-3-10/h4-7,9-10H,1-3,8H2,(H,17,18)(H,19,20)/b7-4+. The van der Waals surface area contributed by atoms with Gasteiger partial charge >= 0.3 is 5.97 Å². The Balaban J connectivity index is 2.02. The summed E-state index contributed by atoms with van der Waals surface area (Å²) in [4.78, 5) is 22.2. The van der Waals surface area contributed by atoms with E-state index in [-0.39, 0.29) is 11.5 Å². The van der Waals surface area contributed by atoms with Crippen LogP contribution in [0.2, 0.25) is 0 Å². The van der Waals surface area contributed by atoms with Gasteiger partial charge in [0.1, 0.15) is 5.82 Å². The number of aliphatic carboxylic acids is 1. The van der Waals surface area contributed by atoms with E-state index in [9.17, 15) is 14.0 Å². The largest absolute Gasteiger partial charge is 0.478 e. The molecule has 0 saturated heterocycles. The monoisotopic (exact) mass is 277 g/mol. The highest BCUT2D eigenvalue weighted by molar-refractivity contribution is 5.91. The van der Waals surface area contributed by atoms with Crippen LogP contribution in [0, 0.1) is 11.7 Å². The first-order chi connectivity index (χ1) is 9.54. The van der Waals surface area contributed by atoms with Crippen molar-refractivity contribution in [3.63, 3.8) is 0 Å². The van der Waals surface area contributed by atoms with Gasteiger partial charge in [-0.15, -0.1) is 0 Å². The lowest BCUT2D eigenvalue weighted by molar-refractivity contribution is -0.131. The molecule has 2 N–H and O–H groups in total. The van der Waals surface area contributed by atoms with Gasteiger partial charge in [0.15, 0.2) is 0 Å². The molecule has 0 unspecified atom stereocenters. The number of amides is 1. The zero-order valence-electron chi connectivity index (χ0n) is 10.9. The second-order valence-corrected chi connectivity index (χ2v) is 4.96. The molecule has 0 spiro atoms. The van der Waals surface area contributed by atoms with Crippen LogP contribution in [0.4, 0.5) is 10.1 Å². The molecule has 5 heteroatoms. The molecular formula is C15H16FNO3. The van der Waals surface area contributed by atoms with Gasteiger partial charge in [0.05, 0.1) is 0 Å². The van der Waals surface area contributed by atoms with E-state index in [1.165, 1.54) is 30.7 Å². The zero-order valence-corrected chi connectivity index (χ0v) is 10.9. The lowest BCUT2D eigenvalue weighted by atomic mass is 9.83. The Kier molecular flexibility index (Phi) is 4.50. The minimum Gasteiger partial charge on any atom is -0.478 e. The fourth-order valence-corrected chi connectivity index (χ4v) is 2.08. The Morgan fingerprint density at radius 1 is 1.40 bits per heavy atom. The highest BCUT2D eigenvalue weighted by Crippen LogP contribution is 2.29. The topological polar surface area (TPSA) is 66.4 Å². The van der Waals surface area contributed by atoms with E-state index in [0.29, 0.717) is 18.0 Å². The van der Waals surface area contributed by atoms with Crippen LogP contribution >= 0.6 is 0 Å². The van der Waals surface area contributed by atoms with Gasteiger partial charge in [0, 0.05) is 23.7 Å². The van der Waals surface area contributed by atoms with Crippen LogP contribution in [0.1, 0.15) is 31.2 Å². The number of nitrogens with one attached hydrogen (secondary N) is 1. The van der Waals surface area contributed by atoms with Gasteiger partial charge < -0.3 is 10.4 Å². The van der Waals surface area contributed by atoms with Gasteiger partial charge in [0.2, 0.25) is 5.91 Å². The molecule has 0 aliphatic heterocycles. The summed E-state index contributed by atoms with van der Waals surface area (Å²) in [6.07, 6.45) is 5.86. The molecule has 0 radical (unpaired) electrons. The summed E-state index contributed by atoms with van der Waals surface area (Å²) < 4.78 is 13.5. The van der Waals surface area contributed by atoms with E-state index in [1.54, 1.807) is 0 Å². The number of carbonyl (C=O) groups is 2. The predicted molar refractivity (Wildman–Crippen MR) is 73.7 cm³/mol. The van der Waals surface area contributed by atoms with Crippen molar-refractivity contribution in [2.75, 3.05) is 5.32 Å². The highest BCUT2D eigenvalue weighted by atomic mass is 19.1. The normalized spacial score (nSPS) is 15.1. The lowest BCUT2D eigenvalue weighted by Crippen LogP contribution is -2.20. The molecule has 0 aromatic heterocycles. The van der Waals surface area contributed by atoms with E-state index in [2.05, 4.69) is 5.32 Å². The van der Waals surface area contributed by atoms with Crippen molar-refractivity contribution >= 4 is 23.6 Å². The van der Waals surface area contributed by atoms with Crippen molar-refractivity contribution in [1.82, 2.24) is 0 Å². The van der Waals surface area contributed by atoms with Crippen molar-refractivity contribution in [1.29, 1.82) is 0 Å². The number of halogens is 1. The van der Waals surface area contributed by atoms with Crippen LogP contribution in [-0.4, -0.2) is 17.0 Å². The van der Waals surface area contributed by atoms with Gasteiger partial charge in [-0.3, -0.25) is 4.79 Å². The van der Waals surface area contributed by atoms with Gasteiger partial charge in [-0.2, -0.15) is 0 Å². The Hall–Kier alpha value is -2.17. The third kappa shape index (κ3) is 3.91. The number of rotatable bonds is 5. The van der Waals surface area contributed by atoms with E-state index in [0.717, 1.165) is 18.9 Å². The van der Waals surface area contributed by atoms with Crippen LogP contribution in [0.15, 0.2) is 24.3 Å². The number of carboxylic acids is 1. The van der Waals surface area contributed by atoms with Crippen molar-refractivity contribution < 1.29 is 19.1 Å². The first kappa shape index (κ1) is 14.2. The third-order valence-electron chi connectivity index (χ3n) is 3.38. The Labute approximate surface area is 116 Å².